The molecule has 0 radical (unpaired) electrons. The van der Waals surface area contributed by atoms with Gasteiger partial charge in [0, 0.05) is 17.7 Å². The van der Waals surface area contributed by atoms with Crippen LogP contribution in [0.4, 0.5) is 0 Å². The molecule has 188 valence electrons. The van der Waals surface area contributed by atoms with Crippen molar-refractivity contribution < 1.29 is 54.8 Å². The molecule has 0 bridgehead atoms. The Balaban J connectivity index is 0.000000190. The van der Waals surface area contributed by atoms with Gasteiger partial charge in [-0.3, -0.25) is 0 Å². The smallest absolute Gasteiger partial charge is 0.335 e. The van der Waals surface area contributed by atoms with Gasteiger partial charge in [0.25, 0.3) is 0 Å². The van der Waals surface area contributed by atoms with Crippen LogP contribution in [0.3, 0.4) is 0 Å². The summed E-state index contributed by atoms with van der Waals surface area (Å²) in [4.78, 5) is 10.3. The molecule has 11 nitrogen and oxygen atoms in total. The van der Waals surface area contributed by atoms with Crippen molar-refractivity contribution in [2.24, 2.45) is 0 Å². The zero-order valence-corrected chi connectivity index (χ0v) is 18.9. The van der Waals surface area contributed by atoms with Crippen LogP contribution in [0.15, 0.2) is 42.5 Å². The Morgan fingerprint density at radius 2 is 1.40 bits per heavy atom. The van der Waals surface area contributed by atoms with Crippen LogP contribution in [-0.4, -0.2) is 62.5 Å². The van der Waals surface area contributed by atoms with Crippen LogP contribution >= 0.6 is 0 Å². The predicted molar refractivity (Wildman–Crippen MR) is 123 cm³/mol. The first kappa shape index (κ1) is 26.6. The summed E-state index contributed by atoms with van der Waals surface area (Å²) >= 11 is 0. The van der Waals surface area contributed by atoms with Gasteiger partial charge in [-0.05, 0) is 37.1 Å². The number of hydrogen-bond acceptors (Lipinski definition) is 10. The highest BCUT2D eigenvalue weighted by atomic mass is 16.5. The highest BCUT2D eigenvalue weighted by Gasteiger charge is 2.17. The number of phenolic OH excluding ortho intramolecular Hbond substituents is 6. The van der Waals surface area contributed by atoms with E-state index in [4.69, 9.17) is 50.0 Å². The normalized spacial score (nSPS) is 11.4. The van der Waals surface area contributed by atoms with E-state index in [-0.39, 0.29) is 17.1 Å². The molecule has 11 heteroatoms. The fourth-order valence-corrected chi connectivity index (χ4v) is 2.95. The number of ether oxygens (including phenoxy) is 3. The van der Waals surface area contributed by atoms with Crippen molar-refractivity contribution in [1.29, 1.82) is 0 Å². The fourth-order valence-electron chi connectivity index (χ4n) is 2.95. The van der Waals surface area contributed by atoms with E-state index in [9.17, 15) is 4.79 Å². The summed E-state index contributed by atoms with van der Waals surface area (Å²) in [7, 11) is 3.31. The molecule has 0 aliphatic carbocycles. The second-order valence-electron chi connectivity index (χ2n) is 7.07. The van der Waals surface area contributed by atoms with Crippen molar-refractivity contribution in [2.75, 3.05) is 20.8 Å². The number of carbonyl (C=O) groups is 1. The molecule has 1 heterocycles. The van der Waals surface area contributed by atoms with E-state index in [2.05, 4.69) is 0 Å². The van der Waals surface area contributed by atoms with Gasteiger partial charge in [-0.15, -0.1) is 0 Å². The molecule has 35 heavy (non-hydrogen) atoms. The topological polar surface area (TPSA) is 186 Å². The summed E-state index contributed by atoms with van der Waals surface area (Å²) in [5.41, 5.74) is 0.863. The molecule has 0 atom stereocenters. The average Bonchev–Trinajstić information content (AvgIpc) is 2.85. The first-order valence-corrected chi connectivity index (χ1v) is 10.1. The lowest BCUT2D eigenvalue weighted by Gasteiger charge is -2.20. The van der Waals surface area contributed by atoms with Gasteiger partial charge < -0.3 is 50.0 Å². The first-order chi connectivity index (χ1) is 16.6. The highest BCUT2D eigenvalue weighted by molar-refractivity contribution is 5.89. The number of rotatable bonds is 3. The van der Waals surface area contributed by atoms with Crippen LogP contribution in [0.2, 0.25) is 0 Å². The molecule has 4 rings (SSSR count). The monoisotopic (exact) mass is 490 g/mol. The van der Waals surface area contributed by atoms with E-state index in [1.54, 1.807) is 14.2 Å². The van der Waals surface area contributed by atoms with Crippen molar-refractivity contribution in [1.82, 2.24) is 0 Å². The molecule has 0 amide bonds. The van der Waals surface area contributed by atoms with Crippen molar-refractivity contribution in [3.8, 4) is 51.7 Å². The Labute approximate surface area is 200 Å². The third-order valence-electron chi connectivity index (χ3n) is 4.74. The summed E-state index contributed by atoms with van der Waals surface area (Å²) in [6.07, 6.45) is 2.07. The largest absolute Gasteiger partial charge is 0.504 e. The van der Waals surface area contributed by atoms with E-state index < -0.39 is 29.0 Å². The van der Waals surface area contributed by atoms with Gasteiger partial charge in [-0.1, -0.05) is 6.07 Å². The zero-order valence-electron chi connectivity index (χ0n) is 18.9. The minimum atomic E-state index is -1.29. The molecular formula is C24H26O11. The molecule has 7 N–H and O–H groups in total. The van der Waals surface area contributed by atoms with Crippen LogP contribution in [-0.2, 0) is 6.42 Å². The number of carboxylic acids is 1. The maximum Gasteiger partial charge on any atom is 0.335 e. The molecule has 3 aromatic rings. The maximum absolute atomic E-state index is 10.3. The minimum Gasteiger partial charge on any atom is -0.504 e. The number of methoxy groups -OCH3 is 2. The predicted octanol–water partition coefficient (Wildman–Crippen LogP) is 3.33. The van der Waals surface area contributed by atoms with E-state index in [0.29, 0.717) is 0 Å². The van der Waals surface area contributed by atoms with E-state index >= 15 is 0 Å². The molecule has 1 aliphatic rings. The number of fused-ring (bicyclic) bond motifs is 1. The number of aromatic carboxylic acids is 1. The molecule has 0 saturated heterocycles. The Hall–Kier alpha value is -4.67. The third-order valence-corrected chi connectivity index (χ3v) is 4.74. The lowest BCUT2D eigenvalue weighted by atomic mass is 10.0. The fraction of sp³-hybridized carbons (Fsp3) is 0.208. The van der Waals surface area contributed by atoms with Crippen molar-refractivity contribution >= 4 is 5.97 Å². The van der Waals surface area contributed by atoms with Crippen molar-refractivity contribution in [2.45, 2.75) is 12.8 Å². The lowest BCUT2D eigenvalue weighted by Crippen LogP contribution is -2.09. The van der Waals surface area contributed by atoms with Gasteiger partial charge in [-0.25, -0.2) is 4.79 Å². The number of hydrogen-bond donors (Lipinski definition) is 7. The van der Waals surface area contributed by atoms with Crippen LogP contribution < -0.4 is 14.2 Å². The number of para-hydroxylation sites is 1. The molecule has 0 saturated carbocycles. The van der Waals surface area contributed by atoms with Gasteiger partial charge in [0.05, 0.1) is 26.4 Å². The minimum absolute atomic E-state index is 0.289. The third kappa shape index (κ3) is 6.90. The van der Waals surface area contributed by atoms with E-state index in [1.807, 2.05) is 12.1 Å². The Bertz CT molecular complexity index is 1110. The van der Waals surface area contributed by atoms with E-state index in [0.717, 1.165) is 54.4 Å². The van der Waals surface area contributed by atoms with Crippen LogP contribution in [0.1, 0.15) is 22.3 Å². The summed E-state index contributed by atoms with van der Waals surface area (Å²) in [5.74, 6) is -1.89. The van der Waals surface area contributed by atoms with Gasteiger partial charge in [0.1, 0.15) is 17.2 Å². The number of phenols is 6. The molecular weight excluding hydrogens is 464 g/mol. The van der Waals surface area contributed by atoms with Crippen molar-refractivity contribution in [3.05, 3.63) is 53.6 Å². The van der Waals surface area contributed by atoms with E-state index in [1.165, 1.54) is 18.2 Å². The van der Waals surface area contributed by atoms with Crippen LogP contribution in [0.25, 0.3) is 0 Å². The van der Waals surface area contributed by atoms with Gasteiger partial charge in [0.2, 0.25) is 0 Å². The molecule has 0 spiro atoms. The Morgan fingerprint density at radius 1 is 0.829 bits per heavy atom. The number of carboxylic acid groups (broad SMARTS) is 1. The van der Waals surface area contributed by atoms with Crippen molar-refractivity contribution in [3.63, 3.8) is 0 Å². The second kappa shape index (κ2) is 12.0. The molecule has 0 fully saturated rings. The second-order valence-corrected chi connectivity index (χ2v) is 7.07. The average molecular weight is 490 g/mol. The number of aromatic hydroxyl groups is 6. The standard InChI is InChI=1S/C11H14O3.C7H6O5.C6H6O3/c1-12-8-6-10(13-2)9-4-3-5-14-11(9)7-8;8-4-1-3(7(11)12)2-5(9)6(4)10;7-4-2-1-3-5(8)6(4)9/h6-7H,3-5H2,1-2H3;1-2,8-10H,(H,11,12);1-3,7-9H. The lowest BCUT2D eigenvalue weighted by molar-refractivity contribution is 0.0695. The Kier molecular flexibility index (Phi) is 9.10. The SMILES string of the molecule is COc1cc(OC)c2c(c1)OCCC2.O=C(O)c1cc(O)c(O)c(O)c1.Oc1cccc(O)c1O. The first-order valence-electron chi connectivity index (χ1n) is 10.1. The van der Waals surface area contributed by atoms with Crippen LogP contribution in [0, 0.1) is 0 Å². The van der Waals surface area contributed by atoms with Gasteiger partial charge >= 0.3 is 5.97 Å². The molecule has 1 aliphatic heterocycles. The summed E-state index contributed by atoms with van der Waals surface area (Å²) in [5, 5.41) is 61.0. The zero-order chi connectivity index (χ0) is 26.1. The summed E-state index contributed by atoms with van der Waals surface area (Å²) in [6, 6.07) is 9.51. The Morgan fingerprint density at radius 3 is 1.89 bits per heavy atom. The highest BCUT2D eigenvalue weighted by Crippen LogP contribution is 2.37. The maximum atomic E-state index is 10.3. The van der Waals surface area contributed by atoms with Gasteiger partial charge in [-0.2, -0.15) is 0 Å². The summed E-state index contributed by atoms with van der Waals surface area (Å²) < 4.78 is 16.0. The molecule has 3 aromatic carbocycles. The quantitative estimate of drug-likeness (QED) is 0.267. The molecule has 0 unspecified atom stereocenters. The number of benzene rings is 3. The summed E-state index contributed by atoms with van der Waals surface area (Å²) in [6.45, 7) is 0.781. The molecule has 0 aromatic heterocycles. The van der Waals surface area contributed by atoms with Gasteiger partial charge in [0.15, 0.2) is 34.5 Å². The van der Waals surface area contributed by atoms with Crippen LogP contribution in [0.5, 0.6) is 51.7 Å².